The number of phenolic OH excluding ortho intramolecular Hbond substituents is 1. The molecule has 3 rings (SSSR count). The highest BCUT2D eigenvalue weighted by Gasteiger charge is 2.24. The fourth-order valence-electron chi connectivity index (χ4n) is 3.31. The molecule has 0 unspecified atom stereocenters. The highest BCUT2D eigenvalue weighted by Crippen LogP contribution is 2.33. The molecule has 0 atom stereocenters. The molecule has 2 N–H and O–H groups in total. The summed E-state index contributed by atoms with van der Waals surface area (Å²) in [5.41, 5.74) is 2.09. The number of methoxy groups -OCH3 is 1. The van der Waals surface area contributed by atoms with Gasteiger partial charge in [0, 0.05) is 31.1 Å². The van der Waals surface area contributed by atoms with E-state index in [1.165, 1.54) is 18.4 Å². The van der Waals surface area contributed by atoms with E-state index in [2.05, 4.69) is 15.1 Å². The van der Waals surface area contributed by atoms with Crippen molar-refractivity contribution in [2.24, 2.45) is 0 Å². The van der Waals surface area contributed by atoms with Gasteiger partial charge in [-0.3, -0.25) is 9.69 Å². The van der Waals surface area contributed by atoms with Crippen LogP contribution in [-0.4, -0.2) is 61.7 Å². The third-order valence-corrected chi connectivity index (χ3v) is 6.11. The number of aryl methyl sites for hydroxylation is 1. The maximum absolute atomic E-state index is 12.5. The lowest BCUT2D eigenvalue weighted by Gasteiger charge is -2.35. The van der Waals surface area contributed by atoms with Gasteiger partial charge in [-0.25, -0.2) is 4.79 Å². The van der Waals surface area contributed by atoms with Gasteiger partial charge in [0.2, 0.25) is 5.91 Å². The van der Waals surface area contributed by atoms with Gasteiger partial charge in [0.1, 0.15) is 10.8 Å². The van der Waals surface area contributed by atoms with Crippen molar-refractivity contribution in [3.8, 4) is 5.75 Å². The average Bonchev–Trinajstić information content (AvgIpc) is 2.95. The van der Waals surface area contributed by atoms with E-state index in [-0.39, 0.29) is 18.2 Å². The number of hydrogen-bond donors (Lipinski definition) is 2. The maximum atomic E-state index is 12.5. The van der Waals surface area contributed by atoms with Crippen LogP contribution >= 0.6 is 11.3 Å². The standard InChI is InChI=1S/C20H25N3O4S/c1-13-14(2)28-19(18(13)20(26)27-3)21-17(25)12-22-8-10-23(11-9-22)15-6-4-5-7-16(15)24/h4-7,24H,8-12H2,1-3H3,(H,21,25). The largest absolute Gasteiger partial charge is 0.506 e. The number of rotatable bonds is 5. The zero-order chi connectivity index (χ0) is 20.3. The number of aromatic hydroxyl groups is 1. The first-order valence-electron chi connectivity index (χ1n) is 9.14. The summed E-state index contributed by atoms with van der Waals surface area (Å²) in [5, 5.41) is 13.4. The van der Waals surface area contributed by atoms with Gasteiger partial charge in [0.25, 0.3) is 0 Å². The van der Waals surface area contributed by atoms with E-state index in [4.69, 9.17) is 4.74 Å². The molecule has 8 heteroatoms. The number of amides is 1. The summed E-state index contributed by atoms with van der Waals surface area (Å²) in [4.78, 5) is 29.7. The second-order valence-corrected chi connectivity index (χ2v) is 8.00. The minimum absolute atomic E-state index is 0.151. The Hall–Kier alpha value is -2.58. The number of para-hydroxylation sites is 2. The van der Waals surface area contributed by atoms with E-state index in [1.807, 2.05) is 26.0 Å². The number of esters is 1. The van der Waals surface area contributed by atoms with Crippen LogP contribution in [0.15, 0.2) is 24.3 Å². The van der Waals surface area contributed by atoms with Gasteiger partial charge in [0.15, 0.2) is 0 Å². The summed E-state index contributed by atoms with van der Waals surface area (Å²) in [6, 6.07) is 7.28. The van der Waals surface area contributed by atoms with Gasteiger partial charge < -0.3 is 20.1 Å². The second-order valence-electron chi connectivity index (χ2n) is 6.78. The highest BCUT2D eigenvalue weighted by molar-refractivity contribution is 7.16. The predicted octanol–water partition coefficient (Wildman–Crippen LogP) is 2.62. The first-order chi connectivity index (χ1) is 13.4. The number of hydrogen-bond acceptors (Lipinski definition) is 7. The Balaban J connectivity index is 1.58. The van der Waals surface area contributed by atoms with Gasteiger partial charge in [-0.15, -0.1) is 11.3 Å². The number of piperazine rings is 1. The van der Waals surface area contributed by atoms with E-state index in [0.717, 1.165) is 29.2 Å². The molecule has 2 heterocycles. The second kappa shape index (κ2) is 8.62. The van der Waals surface area contributed by atoms with Gasteiger partial charge >= 0.3 is 5.97 Å². The number of nitrogens with zero attached hydrogens (tertiary/aromatic N) is 2. The van der Waals surface area contributed by atoms with E-state index in [9.17, 15) is 14.7 Å². The van der Waals surface area contributed by atoms with E-state index >= 15 is 0 Å². The lowest BCUT2D eigenvalue weighted by atomic mass is 10.1. The molecule has 0 spiro atoms. The van der Waals surface area contributed by atoms with E-state index in [1.54, 1.807) is 12.1 Å². The zero-order valence-corrected chi connectivity index (χ0v) is 17.1. The summed E-state index contributed by atoms with van der Waals surface area (Å²) < 4.78 is 4.85. The zero-order valence-electron chi connectivity index (χ0n) is 16.3. The Morgan fingerprint density at radius 3 is 2.50 bits per heavy atom. The number of phenols is 1. The highest BCUT2D eigenvalue weighted by atomic mass is 32.1. The molecule has 150 valence electrons. The first-order valence-corrected chi connectivity index (χ1v) is 9.95. The Labute approximate surface area is 168 Å². The fraction of sp³-hybridized carbons (Fsp3) is 0.400. The molecule has 0 aliphatic carbocycles. The fourth-order valence-corrected chi connectivity index (χ4v) is 4.38. The lowest BCUT2D eigenvalue weighted by molar-refractivity contribution is -0.117. The molecule has 28 heavy (non-hydrogen) atoms. The lowest BCUT2D eigenvalue weighted by Crippen LogP contribution is -2.48. The van der Waals surface area contributed by atoms with Crippen molar-refractivity contribution in [3.63, 3.8) is 0 Å². The SMILES string of the molecule is COC(=O)c1c(NC(=O)CN2CCN(c3ccccc3O)CC2)sc(C)c1C. The average molecular weight is 404 g/mol. The molecule has 1 fully saturated rings. The molecule has 1 aliphatic rings. The molecule has 1 aliphatic heterocycles. The Morgan fingerprint density at radius 1 is 1.18 bits per heavy atom. The quantitative estimate of drug-likeness (QED) is 0.747. The molecule has 1 amide bonds. The maximum Gasteiger partial charge on any atom is 0.341 e. The van der Waals surface area contributed by atoms with Crippen LogP contribution in [0.3, 0.4) is 0 Å². The third-order valence-electron chi connectivity index (χ3n) is 4.99. The normalized spacial score (nSPS) is 14.8. The van der Waals surface area contributed by atoms with Crippen molar-refractivity contribution in [2.75, 3.05) is 50.1 Å². The molecular formula is C20H25N3O4S. The van der Waals surface area contributed by atoms with Crippen molar-refractivity contribution in [3.05, 3.63) is 40.3 Å². The smallest absolute Gasteiger partial charge is 0.341 e. The van der Waals surface area contributed by atoms with Crippen LogP contribution in [-0.2, 0) is 9.53 Å². The topological polar surface area (TPSA) is 82.1 Å². The summed E-state index contributed by atoms with van der Waals surface area (Å²) in [5.74, 6) is -0.316. The summed E-state index contributed by atoms with van der Waals surface area (Å²) in [7, 11) is 1.34. The van der Waals surface area contributed by atoms with Crippen molar-refractivity contribution >= 4 is 33.9 Å². The number of ether oxygens (including phenoxy) is 1. The van der Waals surface area contributed by atoms with Crippen LogP contribution in [0.5, 0.6) is 5.75 Å². The Kier molecular flexibility index (Phi) is 6.21. The van der Waals surface area contributed by atoms with Crippen LogP contribution in [0, 0.1) is 13.8 Å². The van der Waals surface area contributed by atoms with Gasteiger partial charge in [-0.05, 0) is 31.5 Å². The summed E-state index contributed by atoms with van der Waals surface area (Å²) >= 11 is 1.39. The van der Waals surface area contributed by atoms with Crippen LogP contribution in [0.4, 0.5) is 10.7 Å². The van der Waals surface area contributed by atoms with Gasteiger partial charge in [0.05, 0.1) is 24.9 Å². The molecule has 0 radical (unpaired) electrons. The Morgan fingerprint density at radius 2 is 1.86 bits per heavy atom. The number of benzene rings is 1. The van der Waals surface area contributed by atoms with Crippen LogP contribution in [0.25, 0.3) is 0 Å². The predicted molar refractivity (Wildman–Crippen MR) is 111 cm³/mol. The van der Waals surface area contributed by atoms with Crippen LogP contribution < -0.4 is 10.2 Å². The number of carbonyl (C=O) groups is 2. The number of carbonyl (C=O) groups excluding carboxylic acids is 2. The molecule has 1 saturated heterocycles. The Bertz CT molecular complexity index is 872. The number of anilines is 2. The molecule has 2 aromatic rings. The molecular weight excluding hydrogens is 378 g/mol. The minimum Gasteiger partial charge on any atom is -0.506 e. The third kappa shape index (κ3) is 4.28. The molecule has 0 saturated carbocycles. The molecule has 1 aromatic carbocycles. The monoisotopic (exact) mass is 403 g/mol. The van der Waals surface area contributed by atoms with Gasteiger partial charge in [-0.2, -0.15) is 0 Å². The van der Waals surface area contributed by atoms with E-state index < -0.39 is 5.97 Å². The van der Waals surface area contributed by atoms with Crippen LogP contribution in [0.2, 0.25) is 0 Å². The van der Waals surface area contributed by atoms with Crippen molar-refractivity contribution < 1.29 is 19.4 Å². The first kappa shape index (κ1) is 20.2. The van der Waals surface area contributed by atoms with Gasteiger partial charge in [-0.1, -0.05) is 12.1 Å². The molecule has 1 aromatic heterocycles. The van der Waals surface area contributed by atoms with Crippen LogP contribution in [0.1, 0.15) is 20.8 Å². The van der Waals surface area contributed by atoms with Crippen molar-refractivity contribution in [1.29, 1.82) is 0 Å². The molecule has 7 nitrogen and oxygen atoms in total. The summed E-state index contributed by atoms with van der Waals surface area (Å²) in [6.45, 7) is 6.92. The minimum atomic E-state index is -0.437. The number of nitrogens with one attached hydrogen (secondary N) is 1. The summed E-state index contributed by atoms with van der Waals surface area (Å²) in [6.07, 6.45) is 0. The number of thiophene rings is 1. The van der Waals surface area contributed by atoms with Crippen molar-refractivity contribution in [2.45, 2.75) is 13.8 Å². The molecule has 0 bridgehead atoms. The van der Waals surface area contributed by atoms with Crippen molar-refractivity contribution in [1.82, 2.24) is 4.90 Å². The van der Waals surface area contributed by atoms with E-state index in [0.29, 0.717) is 23.7 Å².